The van der Waals surface area contributed by atoms with Gasteiger partial charge < -0.3 is 15.2 Å². The van der Waals surface area contributed by atoms with Gasteiger partial charge in [0, 0.05) is 12.7 Å². The molecule has 3 heteroatoms. The maximum atomic E-state index is 9.79. The first-order chi connectivity index (χ1) is 7.79. The van der Waals surface area contributed by atoms with Crippen LogP contribution in [0.4, 0.5) is 5.69 Å². The average Bonchev–Trinajstić information content (AvgIpc) is 2.33. The molecule has 1 aliphatic carbocycles. The van der Waals surface area contributed by atoms with Crippen molar-refractivity contribution in [3.63, 3.8) is 0 Å². The van der Waals surface area contributed by atoms with Gasteiger partial charge >= 0.3 is 0 Å². The summed E-state index contributed by atoms with van der Waals surface area (Å²) < 4.78 is 5.79. The Morgan fingerprint density at radius 3 is 2.50 bits per heavy atom. The highest BCUT2D eigenvalue weighted by molar-refractivity contribution is 5.45. The van der Waals surface area contributed by atoms with Gasteiger partial charge in [-0.2, -0.15) is 0 Å². The second kappa shape index (κ2) is 5.21. The summed E-state index contributed by atoms with van der Waals surface area (Å²) in [7, 11) is 1.89. The molecule has 1 aromatic carbocycles. The largest absolute Gasteiger partial charge is 0.488 e. The van der Waals surface area contributed by atoms with Crippen LogP contribution in [-0.4, -0.2) is 24.4 Å². The van der Waals surface area contributed by atoms with Crippen molar-refractivity contribution in [3.05, 3.63) is 24.3 Å². The van der Waals surface area contributed by atoms with E-state index in [0.717, 1.165) is 37.1 Å². The van der Waals surface area contributed by atoms with Gasteiger partial charge in [0.15, 0.2) is 0 Å². The average molecular weight is 221 g/mol. The summed E-state index contributed by atoms with van der Waals surface area (Å²) in [6.07, 6.45) is 3.73. The number of aliphatic hydroxyl groups is 1. The fraction of sp³-hybridized carbons (Fsp3) is 0.538. The van der Waals surface area contributed by atoms with Gasteiger partial charge in [-0.25, -0.2) is 0 Å². The fourth-order valence-corrected chi connectivity index (χ4v) is 2.09. The van der Waals surface area contributed by atoms with E-state index >= 15 is 0 Å². The third-order valence-corrected chi connectivity index (χ3v) is 3.10. The lowest BCUT2D eigenvalue weighted by Gasteiger charge is -2.28. The number of aliphatic hydroxyl groups excluding tert-OH is 1. The van der Waals surface area contributed by atoms with Crippen LogP contribution in [-0.2, 0) is 0 Å². The number of ether oxygens (including phenoxy) is 1. The minimum absolute atomic E-state index is 0.0332. The Labute approximate surface area is 96.4 Å². The second-order valence-corrected chi connectivity index (χ2v) is 4.28. The van der Waals surface area contributed by atoms with Crippen molar-refractivity contribution in [2.45, 2.75) is 37.9 Å². The van der Waals surface area contributed by atoms with E-state index in [9.17, 15) is 5.11 Å². The summed E-state index contributed by atoms with van der Waals surface area (Å²) in [5.74, 6) is 0.838. The molecule has 1 aliphatic rings. The Balaban J connectivity index is 1.96. The van der Waals surface area contributed by atoms with E-state index in [1.54, 1.807) is 0 Å². The predicted molar refractivity (Wildman–Crippen MR) is 64.9 cm³/mol. The third kappa shape index (κ3) is 2.67. The third-order valence-electron chi connectivity index (χ3n) is 3.10. The molecule has 3 nitrogen and oxygen atoms in total. The Kier molecular flexibility index (Phi) is 3.67. The SMILES string of the molecule is CNc1ccc(OC2CCCCC2O)cc1. The predicted octanol–water partition coefficient (Wildman–Crippen LogP) is 2.41. The molecular weight excluding hydrogens is 202 g/mol. The molecule has 0 radical (unpaired) electrons. The monoisotopic (exact) mass is 221 g/mol. The van der Waals surface area contributed by atoms with Crippen LogP contribution < -0.4 is 10.1 Å². The Bertz CT molecular complexity index is 323. The van der Waals surface area contributed by atoms with E-state index in [4.69, 9.17) is 4.74 Å². The highest BCUT2D eigenvalue weighted by Gasteiger charge is 2.24. The van der Waals surface area contributed by atoms with Crippen molar-refractivity contribution in [2.24, 2.45) is 0 Å². The molecule has 1 saturated carbocycles. The summed E-state index contributed by atoms with van der Waals surface area (Å²) in [5.41, 5.74) is 1.07. The van der Waals surface area contributed by atoms with Crippen LogP contribution in [0.25, 0.3) is 0 Å². The van der Waals surface area contributed by atoms with Crippen LogP contribution in [0.3, 0.4) is 0 Å². The molecule has 1 aromatic rings. The standard InChI is InChI=1S/C13H19NO2/c1-14-10-6-8-11(9-7-10)16-13-5-3-2-4-12(13)15/h6-9,12-15H,2-5H2,1H3. The van der Waals surface area contributed by atoms with Gasteiger partial charge in [-0.15, -0.1) is 0 Å². The van der Waals surface area contributed by atoms with Crippen LogP contribution in [0.2, 0.25) is 0 Å². The normalized spacial score (nSPS) is 25.1. The molecule has 0 heterocycles. The maximum absolute atomic E-state index is 9.79. The molecule has 2 atom stereocenters. The molecule has 1 fully saturated rings. The van der Waals surface area contributed by atoms with E-state index in [-0.39, 0.29) is 12.2 Å². The molecule has 2 unspecified atom stereocenters. The Morgan fingerprint density at radius 1 is 1.19 bits per heavy atom. The zero-order valence-corrected chi connectivity index (χ0v) is 9.65. The van der Waals surface area contributed by atoms with E-state index in [1.807, 2.05) is 31.3 Å². The van der Waals surface area contributed by atoms with Gasteiger partial charge in [0.1, 0.15) is 11.9 Å². The van der Waals surface area contributed by atoms with Crippen LogP contribution in [0, 0.1) is 0 Å². The number of rotatable bonds is 3. The van der Waals surface area contributed by atoms with Crippen molar-refractivity contribution in [2.75, 3.05) is 12.4 Å². The van der Waals surface area contributed by atoms with Crippen molar-refractivity contribution in [1.29, 1.82) is 0 Å². The van der Waals surface area contributed by atoms with Gasteiger partial charge in [-0.3, -0.25) is 0 Å². The molecule has 88 valence electrons. The number of hydrogen-bond donors (Lipinski definition) is 2. The van der Waals surface area contributed by atoms with Gasteiger partial charge in [0.2, 0.25) is 0 Å². The second-order valence-electron chi connectivity index (χ2n) is 4.28. The van der Waals surface area contributed by atoms with E-state index in [1.165, 1.54) is 0 Å². The number of nitrogens with one attached hydrogen (secondary N) is 1. The highest BCUT2D eigenvalue weighted by Crippen LogP contribution is 2.24. The molecule has 0 aromatic heterocycles. The van der Waals surface area contributed by atoms with Crippen LogP contribution in [0.5, 0.6) is 5.75 Å². The van der Waals surface area contributed by atoms with Crippen LogP contribution >= 0.6 is 0 Å². The molecule has 2 N–H and O–H groups in total. The molecule has 16 heavy (non-hydrogen) atoms. The molecule has 0 aliphatic heterocycles. The van der Waals surface area contributed by atoms with Crippen molar-refractivity contribution in [1.82, 2.24) is 0 Å². The fourth-order valence-electron chi connectivity index (χ4n) is 2.09. The summed E-state index contributed by atoms with van der Waals surface area (Å²) in [6, 6.07) is 7.83. The smallest absolute Gasteiger partial charge is 0.124 e. The van der Waals surface area contributed by atoms with Crippen LogP contribution in [0.1, 0.15) is 25.7 Å². The summed E-state index contributed by atoms with van der Waals surface area (Å²) in [6.45, 7) is 0. The lowest BCUT2D eigenvalue weighted by atomic mass is 9.95. The minimum atomic E-state index is -0.308. The van der Waals surface area contributed by atoms with E-state index < -0.39 is 0 Å². The zero-order valence-electron chi connectivity index (χ0n) is 9.65. The lowest BCUT2D eigenvalue weighted by Crippen LogP contribution is -2.34. The Morgan fingerprint density at radius 2 is 1.88 bits per heavy atom. The number of hydrogen-bond acceptors (Lipinski definition) is 3. The van der Waals surface area contributed by atoms with Crippen molar-refractivity contribution >= 4 is 5.69 Å². The van der Waals surface area contributed by atoms with Crippen molar-refractivity contribution in [3.8, 4) is 5.75 Å². The lowest BCUT2D eigenvalue weighted by molar-refractivity contribution is 0.00688. The first-order valence-corrected chi connectivity index (χ1v) is 5.92. The molecular formula is C13H19NO2. The highest BCUT2D eigenvalue weighted by atomic mass is 16.5. The molecule has 0 amide bonds. The van der Waals surface area contributed by atoms with Gasteiger partial charge in [-0.1, -0.05) is 6.42 Å². The molecule has 0 spiro atoms. The molecule has 0 bridgehead atoms. The quantitative estimate of drug-likeness (QED) is 0.823. The van der Waals surface area contributed by atoms with Crippen molar-refractivity contribution < 1.29 is 9.84 Å². The van der Waals surface area contributed by atoms with E-state index in [0.29, 0.717) is 0 Å². The summed E-state index contributed by atoms with van der Waals surface area (Å²) in [5, 5.41) is 12.9. The molecule has 0 saturated heterocycles. The number of benzene rings is 1. The zero-order chi connectivity index (χ0) is 11.4. The molecule has 2 rings (SSSR count). The minimum Gasteiger partial charge on any atom is -0.488 e. The topological polar surface area (TPSA) is 41.5 Å². The first kappa shape index (κ1) is 11.3. The van der Waals surface area contributed by atoms with E-state index in [2.05, 4.69) is 5.32 Å². The van der Waals surface area contributed by atoms with Crippen LogP contribution in [0.15, 0.2) is 24.3 Å². The maximum Gasteiger partial charge on any atom is 0.124 e. The summed E-state index contributed by atoms with van der Waals surface area (Å²) >= 11 is 0. The Hall–Kier alpha value is -1.22. The van der Waals surface area contributed by atoms with Gasteiger partial charge in [-0.05, 0) is 43.5 Å². The van der Waals surface area contributed by atoms with Gasteiger partial charge in [0.05, 0.1) is 6.10 Å². The first-order valence-electron chi connectivity index (χ1n) is 5.92. The summed E-state index contributed by atoms with van der Waals surface area (Å²) in [4.78, 5) is 0. The number of anilines is 1. The van der Waals surface area contributed by atoms with Gasteiger partial charge in [0.25, 0.3) is 0 Å².